The number of amides is 1. The van der Waals surface area contributed by atoms with E-state index >= 15 is 0 Å². The van der Waals surface area contributed by atoms with Gasteiger partial charge in [-0.1, -0.05) is 19.1 Å². The van der Waals surface area contributed by atoms with Gasteiger partial charge in [0.2, 0.25) is 5.91 Å². The van der Waals surface area contributed by atoms with Gasteiger partial charge in [0.15, 0.2) is 0 Å². The summed E-state index contributed by atoms with van der Waals surface area (Å²) in [5, 5.41) is 8.67. The first-order chi connectivity index (χ1) is 10.3. The largest absolute Gasteiger partial charge is 0.377 e. The maximum Gasteiger partial charge on any atom is 0.224 e. The normalized spacial score (nSPS) is 15.5. The fraction of sp³-hybridized carbons (Fsp3) is 0.353. The molecule has 2 N–H and O–H groups in total. The summed E-state index contributed by atoms with van der Waals surface area (Å²) in [6.45, 7) is 1.86. The monoisotopic (exact) mass is 300 g/mol. The van der Waals surface area contributed by atoms with Crippen molar-refractivity contribution in [1.29, 1.82) is 0 Å². The molecule has 0 bridgehead atoms. The number of thiophene rings is 1. The minimum absolute atomic E-state index is 0.0455. The Bertz CT molecular complexity index is 605. The Labute approximate surface area is 129 Å². The Hall–Kier alpha value is -1.81. The minimum Gasteiger partial charge on any atom is -0.377 e. The van der Waals surface area contributed by atoms with Crippen LogP contribution in [0.1, 0.15) is 37.1 Å². The highest BCUT2D eigenvalue weighted by Crippen LogP contribution is 2.44. The zero-order valence-electron chi connectivity index (χ0n) is 12.1. The van der Waals surface area contributed by atoms with E-state index in [-0.39, 0.29) is 5.91 Å². The Kier molecular flexibility index (Phi) is 4.25. The van der Waals surface area contributed by atoms with Crippen molar-refractivity contribution in [1.82, 2.24) is 0 Å². The van der Waals surface area contributed by atoms with E-state index in [1.54, 1.807) is 11.3 Å². The van der Waals surface area contributed by atoms with E-state index in [0.717, 1.165) is 17.3 Å². The molecule has 110 valence electrons. The molecule has 3 nitrogen and oxygen atoms in total. The van der Waals surface area contributed by atoms with Crippen molar-refractivity contribution in [3.8, 4) is 0 Å². The molecule has 0 spiro atoms. The Balaban J connectivity index is 1.74. The first-order valence-corrected chi connectivity index (χ1v) is 8.34. The molecule has 0 aliphatic heterocycles. The second-order valence-corrected chi connectivity index (χ2v) is 6.44. The van der Waals surface area contributed by atoms with Gasteiger partial charge in [0.05, 0.1) is 6.04 Å². The number of anilines is 2. The molecular formula is C17H20N2OS. The highest BCUT2D eigenvalue weighted by atomic mass is 32.1. The van der Waals surface area contributed by atoms with Crippen LogP contribution in [0.25, 0.3) is 0 Å². The lowest BCUT2D eigenvalue weighted by Gasteiger charge is -2.19. The van der Waals surface area contributed by atoms with Crippen molar-refractivity contribution in [2.45, 2.75) is 32.2 Å². The fourth-order valence-electron chi connectivity index (χ4n) is 2.43. The van der Waals surface area contributed by atoms with Crippen LogP contribution in [0.5, 0.6) is 0 Å². The fourth-order valence-corrected chi connectivity index (χ4v) is 3.30. The Morgan fingerprint density at radius 1 is 1.29 bits per heavy atom. The second kappa shape index (κ2) is 6.31. The Morgan fingerprint density at radius 3 is 2.76 bits per heavy atom. The van der Waals surface area contributed by atoms with Gasteiger partial charge in [-0.05, 0) is 48.4 Å². The summed E-state index contributed by atoms with van der Waals surface area (Å²) >= 11 is 1.80. The van der Waals surface area contributed by atoms with E-state index in [2.05, 4.69) is 34.2 Å². The van der Waals surface area contributed by atoms with E-state index in [9.17, 15) is 4.79 Å². The van der Waals surface area contributed by atoms with Gasteiger partial charge in [0.25, 0.3) is 0 Å². The first kappa shape index (κ1) is 14.1. The van der Waals surface area contributed by atoms with Gasteiger partial charge in [-0.15, -0.1) is 11.3 Å². The lowest BCUT2D eigenvalue weighted by atomic mass is 10.1. The van der Waals surface area contributed by atoms with Crippen LogP contribution in [0.15, 0.2) is 41.8 Å². The molecule has 1 heterocycles. The van der Waals surface area contributed by atoms with Crippen LogP contribution in [0.3, 0.4) is 0 Å². The molecule has 1 fully saturated rings. The van der Waals surface area contributed by atoms with E-state index in [4.69, 9.17) is 0 Å². The SMILES string of the molecule is CCC(=O)Nc1cccc(NC(c2cccs2)C2CC2)c1. The van der Waals surface area contributed by atoms with Gasteiger partial charge in [-0.2, -0.15) is 0 Å². The van der Waals surface area contributed by atoms with Gasteiger partial charge in [0, 0.05) is 22.7 Å². The van der Waals surface area contributed by atoms with Crippen LogP contribution >= 0.6 is 11.3 Å². The van der Waals surface area contributed by atoms with Gasteiger partial charge in [-0.3, -0.25) is 4.79 Å². The molecule has 1 aliphatic rings. The standard InChI is InChI=1S/C17H20N2OS/c1-2-16(20)18-13-5-3-6-14(11-13)19-17(12-8-9-12)15-7-4-10-21-15/h3-7,10-12,17,19H,2,8-9H2,1H3,(H,18,20). The number of carbonyl (C=O) groups is 1. The number of hydrogen-bond donors (Lipinski definition) is 2. The van der Waals surface area contributed by atoms with E-state index in [1.807, 2.05) is 25.1 Å². The van der Waals surface area contributed by atoms with Crippen LogP contribution in [0.4, 0.5) is 11.4 Å². The van der Waals surface area contributed by atoms with Gasteiger partial charge >= 0.3 is 0 Å². The molecule has 1 unspecified atom stereocenters. The first-order valence-electron chi connectivity index (χ1n) is 7.46. The minimum atomic E-state index is 0.0455. The molecule has 2 aromatic rings. The molecular weight excluding hydrogens is 280 g/mol. The Morgan fingerprint density at radius 2 is 2.10 bits per heavy atom. The summed E-state index contributed by atoms with van der Waals surface area (Å²) in [6, 6.07) is 12.7. The number of carbonyl (C=O) groups excluding carboxylic acids is 1. The molecule has 0 radical (unpaired) electrons. The molecule has 0 saturated heterocycles. The van der Waals surface area contributed by atoms with E-state index in [1.165, 1.54) is 17.7 Å². The highest BCUT2D eigenvalue weighted by Gasteiger charge is 2.32. The third-order valence-corrected chi connectivity index (χ3v) is 4.69. The number of nitrogens with one attached hydrogen (secondary N) is 2. The molecule has 21 heavy (non-hydrogen) atoms. The van der Waals surface area contributed by atoms with Crippen molar-refractivity contribution in [3.05, 3.63) is 46.7 Å². The topological polar surface area (TPSA) is 41.1 Å². The zero-order chi connectivity index (χ0) is 14.7. The average Bonchev–Trinajstić information content (AvgIpc) is 3.19. The van der Waals surface area contributed by atoms with Crippen molar-refractivity contribution < 1.29 is 4.79 Å². The predicted molar refractivity (Wildman–Crippen MR) is 88.8 cm³/mol. The lowest BCUT2D eigenvalue weighted by molar-refractivity contribution is -0.115. The van der Waals surface area contributed by atoms with Crippen LogP contribution in [-0.4, -0.2) is 5.91 Å². The molecule has 1 aliphatic carbocycles. The van der Waals surface area contributed by atoms with Gasteiger partial charge in [0.1, 0.15) is 0 Å². The number of hydrogen-bond acceptors (Lipinski definition) is 3. The predicted octanol–water partition coefficient (Wildman–Crippen LogP) is 4.66. The van der Waals surface area contributed by atoms with Gasteiger partial charge in [-0.25, -0.2) is 0 Å². The number of benzene rings is 1. The number of rotatable bonds is 6. The summed E-state index contributed by atoms with van der Waals surface area (Å²) in [6.07, 6.45) is 3.08. The average molecular weight is 300 g/mol. The lowest BCUT2D eigenvalue weighted by Crippen LogP contribution is -2.12. The zero-order valence-corrected chi connectivity index (χ0v) is 13.0. The third-order valence-electron chi connectivity index (χ3n) is 3.73. The van der Waals surface area contributed by atoms with Crippen LogP contribution < -0.4 is 10.6 Å². The third kappa shape index (κ3) is 3.64. The van der Waals surface area contributed by atoms with Crippen LogP contribution in [0, 0.1) is 5.92 Å². The quantitative estimate of drug-likeness (QED) is 0.814. The highest BCUT2D eigenvalue weighted by molar-refractivity contribution is 7.10. The van der Waals surface area contributed by atoms with E-state index < -0.39 is 0 Å². The second-order valence-electron chi connectivity index (χ2n) is 5.46. The molecule has 3 rings (SSSR count). The molecule has 1 atom stereocenters. The molecule has 1 aromatic heterocycles. The molecule has 1 aromatic carbocycles. The van der Waals surface area contributed by atoms with Crippen molar-refractivity contribution in [3.63, 3.8) is 0 Å². The smallest absolute Gasteiger partial charge is 0.224 e. The summed E-state index contributed by atoms with van der Waals surface area (Å²) in [5.41, 5.74) is 1.92. The summed E-state index contributed by atoms with van der Waals surface area (Å²) in [7, 11) is 0. The summed E-state index contributed by atoms with van der Waals surface area (Å²) < 4.78 is 0. The van der Waals surface area contributed by atoms with Crippen LogP contribution in [-0.2, 0) is 4.79 Å². The van der Waals surface area contributed by atoms with Crippen molar-refractivity contribution >= 4 is 28.6 Å². The van der Waals surface area contributed by atoms with Crippen LogP contribution in [0.2, 0.25) is 0 Å². The molecule has 1 amide bonds. The maximum absolute atomic E-state index is 11.5. The summed E-state index contributed by atoms with van der Waals surface area (Å²) in [4.78, 5) is 12.9. The molecule has 4 heteroatoms. The summed E-state index contributed by atoms with van der Waals surface area (Å²) in [5.74, 6) is 0.779. The molecule has 1 saturated carbocycles. The van der Waals surface area contributed by atoms with E-state index in [0.29, 0.717) is 12.5 Å². The maximum atomic E-state index is 11.5. The van der Waals surface area contributed by atoms with Gasteiger partial charge < -0.3 is 10.6 Å². The van der Waals surface area contributed by atoms with Crippen molar-refractivity contribution in [2.24, 2.45) is 5.92 Å². The van der Waals surface area contributed by atoms with Crippen molar-refractivity contribution in [2.75, 3.05) is 10.6 Å².